The molecular formula is C29H35N. The maximum absolute atomic E-state index is 4.40. The van der Waals surface area contributed by atoms with Gasteiger partial charge in [-0.1, -0.05) is 91.9 Å². The number of rotatable bonds is 7. The first-order valence-electron chi connectivity index (χ1n) is 10.6. The molecule has 0 aliphatic heterocycles. The molecule has 1 atom stereocenters. The van der Waals surface area contributed by atoms with Crippen molar-refractivity contribution >= 4 is 5.69 Å². The lowest BCUT2D eigenvalue weighted by molar-refractivity contribution is 0.651. The van der Waals surface area contributed by atoms with Crippen LogP contribution in [0.2, 0.25) is 0 Å². The van der Waals surface area contributed by atoms with E-state index in [0.717, 1.165) is 24.2 Å². The number of allylic oxidation sites excluding steroid dienone is 5. The molecule has 3 rings (SSSR count). The Bertz CT molecular complexity index is 955. The van der Waals surface area contributed by atoms with Gasteiger partial charge in [-0.3, -0.25) is 0 Å². The summed E-state index contributed by atoms with van der Waals surface area (Å²) in [5, 5.41) is 3.46. The smallest absolute Gasteiger partial charge is 0.0387 e. The van der Waals surface area contributed by atoms with Crippen LogP contribution in [0, 0.1) is 0 Å². The van der Waals surface area contributed by atoms with E-state index in [-0.39, 0.29) is 5.41 Å². The molecule has 1 aliphatic rings. The highest BCUT2D eigenvalue weighted by molar-refractivity contribution is 5.59. The van der Waals surface area contributed by atoms with Crippen molar-refractivity contribution < 1.29 is 0 Å². The molecule has 1 unspecified atom stereocenters. The van der Waals surface area contributed by atoms with E-state index in [1.807, 2.05) is 13.8 Å². The van der Waals surface area contributed by atoms with Crippen LogP contribution in [0.15, 0.2) is 115 Å². The summed E-state index contributed by atoms with van der Waals surface area (Å²) in [6.07, 6.45) is 8.38. The maximum atomic E-state index is 4.40. The molecule has 0 saturated heterocycles. The van der Waals surface area contributed by atoms with E-state index in [4.69, 9.17) is 0 Å². The number of anilines is 1. The third-order valence-corrected chi connectivity index (χ3v) is 5.34. The molecule has 0 spiro atoms. The van der Waals surface area contributed by atoms with Crippen LogP contribution < -0.4 is 5.32 Å². The van der Waals surface area contributed by atoms with E-state index < -0.39 is 0 Å². The molecule has 0 bridgehead atoms. The zero-order chi connectivity index (χ0) is 22.1. The van der Waals surface area contributed by atoms with Gasteiger partial charge in [0.2, 0.25) is 0 Å². The Morgan fingerprint density at radius 2 is 1.60 bits per heavy atom. The van der Waals surface area contributed by atoms with Crippen LogP contribution in [0.3, 0.4) is 0 Å². The Kier molecular flexibility index (Phi) is 8.24. The standard InChI is InChI=1S/C25H27N.C4H8/c1-5-19(2)25(4,22-14-7-6-8-15-22)23-16-11-17-24(18-23)26-20(3)21-12-9-10-13-21;1-4(2)3/h6-9,11-18,26H,2-3,5,10H2,1,4H3;1H2,2-3H3. The van der Waals surface area contributed by atoms with Gasteiger partial charge >= 0.3 is 0 Å². The highest BCUT2D eigenvalue weighted by Gasteiger charge is 2.31. The Labute approximate surface area is 183 Å². The van der Waals surface area contributed by atoms with Crippen LogP contribution in [0.4, 0.5) is 5.69 Å². The molecule has 1 aliphatic carbocycles. The summed E-state index contributed by atoms with van der Waals surface area (Å²) in [7, 11) is 0. The lowest BCUT2D eigenvalue weighted by atomic mass is 9.70. The van der Waals surface area contributed by atoms with E-state index in [1.165, 1.54) is 27.8 Å². The predicted molar refractivity (Wildman–Crippen MR) is 134 cm³/mol. The average molecular weight is 398 g/mol. The van der Waals surface area contributed by atoms with Crippen LogP contribution in [-0.4, -0.2) is 0 Å². The van der Waals surface area contributed by atoms with Gasteiger partial charge in [-0.25, -0.2) is 0 Å². The molecule has 0 heterocycles. The van der Waals surface area contributed by atoms with Gasteiger partial charge in [0.05, 0.1) is 0 Å². The first-order chi connectivity index (χ1) is 14.3. The van der Waals surface area contributed by atoms with Gasteiger partial charge in [0.1, 0.15) is 0 Å². The largest absolute Gasteiger partial charge is 0.356 e. The van der Waals surface area contributed by atoms with Crippen LogP contribution in [0.1, 0.15) is 51.7 Å². The fourth-order valence-corrected chi connectivity index (χ4v) is 3.54. The highest BCUT2D eigenvalue weighted by atomic mass is 14.9. The number of nitrogens with one attached hydrogen (secondary N) is 1. The summed E-state index contributed by atoms with van der Waals surface area (Å²) >= 11 is 0. The molecule has 2 aromatic rings. The van der Waals surface area contributed by atoms with Gasteiger partial charge in [-0.2, -0.15) is 0 Å². The summed E-state index contributed by atoms with van der Waals surface area (Å²) < 4.78 is 0. The summed E-state index contributed by atoms with van der Waals surface area (Å²) in [6.45, 7) is 20.5. The van der Waals surface area contributed by atoms with Gasteiger partial charge in [0.25, 0.3) is 0 Å². The minimum absolute atomic E-state index is 0.221. The van der Waals surface area contributed by atoms with Gasteiger partial charge in [0, 0.05) is 16.8 Å². The maximum Gasteiger partial charge on any atom is 0.0387 e. The zero-order valence-electron chi connectivity index (χ0n) is 19.0. The summed E-state index contributed by atoms with van der Waals surface area (Å²) in [4.78, 5) is 0. The zero-order valence-corrected chi connectivity index (χ0v) is 19.0. The fourth-order valence-electron chi connectivity index (χ4n) is 3.54. The second-order valence-corrected chi connectivity index (χ2v) is 8.14. The first kappa shape index (κ1) is 23.2. The molecule has 1 heteroatoms. The summed E-state index contributed by atoms with van der Waals surface area (Å²) in [5.41, 5.74) is 7.82. The predicted octanol–water partition coefficient (Wildman–Crippen LogP) is 8.35. The fraction of sp³-hybridized carbons (Fsp3) is 0.241. The topological polar surface area (TPSA) is 12.0 Å². The molecule has 156 valence electrons. The van der Waals surface area contributed by atoms with E-state index >= 15 is 0 Å². The second kappa shape index (κ2) is 10.6. The highest BCUT2D eigenvalue weighted by Crippen LogP contribution is 2.40. The lowest BCUT2D eigenvalue weighted by Crippen LogP contribution is -2.26. The van der Waals surface area contributed by atoms with Crippen molar-refractivity contribution in [1.82, 2.24) is 0 Å². The Hall–Kier alpha value is -3.06. The van der Waals surface area contributed by atoms with E-state index in [0.29, 0.717) is 0 Å². The van der Waals surface area contributed by atoms with Crippen LogP contribution in [-0.2, 0) is 5.41 Å². The van der Waals surface area contributed by atoms with Crippen molar-refractivity contribution in [2.24, 2.45) is 0 Å². The van der Waals surface area contributed by atoms with Crippen molar-refractivity contribution in [2.45, 2.75) is 46.0 Å². The van der Waals surface area contributed by atoms with Gasteiger partial charge in [0.15, 0.2) is 0 Å². The van der Waals surface area contributed by atoms with E-state index in [2.05, 4.69) is 112 Å². The van der Waals surface area contributed by atoms with E-state index in [1.54, 1.807) is 0 Å². The van der Waals surface area contributed by atoms with Crippen LogP contribution >= 0.6 is 0 Å². The van der Waals surface area contributed by atoms with Gasteiger partial charge < -0.3 is 5.32 Å². The average Bonchev–Trinajstić information content (AvgIpc) is 3.28. The van der Waals surface area contributed by atoms with Crippen LogP contribution in [0.5, 0.6) is 0 Å². The molecule has 0 fully saturated rings. The van der Waals surface area contributed by atoms with Crippen molar-refractivity contribution in [3.05, 3.63) is 126 Å². The molecule has 0 amide bonds. The number of hydrogen-bond donors (Lipinski definition) is 1. The molecule has 0 saturated carbocycles. The quantitative estimate of drug-likeness (QED) is 0.463. The Morgan fingerprint density at radius 1 is 0.967 bits per heavy atom. The number of benzene rings is 2. The second-order valence-electron chi connectivity index (χ2n) is 8.14. The molecule has 1 N–H and O–H groups in total. The van der Waals surface area contributed by atoms with Crippen molar-refractivity contribution in [3.63, 3.8) is 0 Å². The molecule has 0 radical (unpaired) electrons. The Morgan fingerprint density at radius 3 is 2.17 bits per heavy atom. The molecule has 0 aromatic heterocycles. The third-order valence-electron chi connectivity index (χ3n) is 5.34. The van der Waals surface area contributed by atoms with Crippen LogP contribution in [0.25, 0.3) is 0 Å². The molecule has 1 nitrogen and oxygen atoms in total. The molecule has 30 heavy (non-hydrogen) atoms. The SMILES string of the molecule is C=C(C)C.C=C(Nc1cccc(C(C)(C(=C)CC)c2ccccc2)c1)C1=CCC=C1. The first-order valence-corrected chi connectivity index (χ1v) is 10.6. The number of hydrogen-bond acceptors (Lipinski definition) is 1. The minimum Gasteiger partial charge on any atom is -0.356 e. The summed E-state index contributed by atoms with van der Waals surface area (Å²) in [5.74, 6) is 0. The lowest BCUT2D eigenvalue weighted by Gasteiger charge is -2.33. The third kappa shape index (κ3) is 5.73. The monoisotopic (exact) mass is 397 g/mol. The molecule has 2 aromatic carbocycles. The van der Waals surface area contributed by atoms with Crippen molar-refractivity contribution in [2.75, 3.05) is 5.32 Å². The van der Waals surface area contributed by atoms with Crippen molar-refractivity contribution in [3.8, 4) is 0 Å². The Balaban J connectivity index is 0.000000735. The van der Waals surface area contributed by atoms with E-state index in [9.17, 15) is 0 Å². The van der Waals surface area contributed by atoms with Gasteiger partial charge in [-0.15, -0.1) is 6.58 Å². The normalized spacial score (nSPS) is 14.1. The van der Waals surface area contributed by atoms with Gasteiger partial charge in [-0.05, 0) is 62.4 Å². The van der Waals surface area contributed by atoms with Crippen molar-refractivity contribution in [1.29, 1.82) is 0 Å². The summed E-state index contributed by atoms with van der Waals surface area (Å²) in [6, 6.07) is 19.2. The molecular weight excluding hydrogens is 362 g/mol. The minimum atomic E-state index is -0.221.